The molecule has 0 aliphatic carbocycles. The molecule has 2 aromatic heterocycles. The molecule has 0 saturated carbocycles. The summed E-state index contributed by atoms with van der Waals surface area (Å²) in [5, 5.41) is 4.00. The molecule has 0 saturated heterocycles. The molecule has 5 heteroatoms. The summed E-state index contributed by atoms with van der Waals surface area (Å²) < 4.78 is 1.52. The molecule has 5 nitrogen and oxygen atoms in total. The van der Waals surface area contributed by atoms with Crippen molar-refractivity contribution in [3.63, 3.8) is 0 Å². The zero-order valence-electron chi connectivity index (χ0n) is 7.58. The largest absolute Gasteiger partial charge is 0.294 e. The van der Waals surface area contributed by atoms with Crippen molar-refractivity contribution in [1.82, 2.24) is 19.7 Å². The van der Waals surface area contributed by atoms with E-state index in [-0.39, 0.29) is 5.78 Å². The lowest BCUT2D eigenvalue weighted by atomic mass is 10.3. The fourth-order valence-electron chi connectivity index (χ4n) is 1.04. The number of ketones is 1. The van der Waals surface area contributed by atoms with Crippen LogP contribution in [0, 0.1) is 0 Å². The molecule has 0 aromatic carbocycles. The van der Waals surface area contributed by atoms with E-state index in [4.69, 9.17) is 0 Å². The molecule has 0 spiro atoms. The predicted octanol–water partition coefficient (Wildman–Crippen LogP) is 0.865. The molecule has 0 atom stereocenters. The third kappa shape index (κ3) is 1.52. The van der Waals surface area contributed by atoms with Gasteiger partial charge in [-0.15, -0.1) is 0 Å². The van der Waals surface area contributed by atoms with Crippen LogP contribution in [0.4, 0.5) is 0 Å². The van der Waals surface area contributed by atoms with Gasteiger partial charge in [-0.05, 0) is 6.92 Å². The van der Waals surface area contributed by atoms with Crippen molar-refractivity contribution in [3.8, 4) is 5.82 Å². The first-order valence-electron chi connectivity index (χ1n) is 4.09. The second kappa shape index (κ2) is 3.37. The highest BCUT2D eigenvalue weighted by molar-refractivity contribution is 5.93. The van der Waals surface area contributed by atoms with E-state index in [0.29, 0.717) is 11.4 Å². The van der Waals surface area contributed by atoms with Crippen LogP contribution in [0.2, 0.25) is 0 Å². The second-order valence-corrected chi connectivity index (χ2v) is 2.79. The lowest BCUT2D eigenvalue weighted by Crippen LogP contribution is -1.97. The van der Waals surface area contributed by atoms with Gasteiger partial charge in [-0.3, -0.25) is 9.78 Å². The average Bonchev–Trinajstić information content (AvgIpc) is 2.68. The summed E-state index contributed by atoms with van der Waals surface area (Å²) in [4.78, 5) is 19.0. The molecule has 0 fully saturated rings. The number of Topliss-reactive ketones (excluding diaryl/α,β-unsaturated/α-hetero) is 1. The Morgan fingerprint density at radius 3 is 2.79 bits per heavy atom. The molecule has 2 aromatic rings. The summed E-state index contributed by atoms with van der Waals surface area (Å²) in [6, 6.07) is 0. The Hall–Kier alpha value is -2.04. The Morgan fingerprint density at radius 1 is 1.36 bits per heavy atom. The summed E-state index contributed by atoms with van der Waals surface area (Å²) >= 11 is 0. The smallest absolute Gasteiger partial charge is 0.171 e. The molecule has 0 bridgehead atoms. The fraction of sp³-hybridized carbons (Fsp3) is 0.111. The van der Waals surface area contributed by atoms with Crippen molar-refractivity contribution >= 4 is 5.78 Å². The van der Waals surface area contributed by atoms with Gasteiger partial charge >= 0.3 is 0 Å². The van der Waals surface area contributed by atoms with Gasteiger partial charge in [-0.1, -0.05) is 0 Å². The van der Waals surface area contributed by atoms with Gasteiger partial charge in [0.15, 0.2) is 11.6 Å². The average molecular weight is 188 g/mol. The van der Waals surface area contributed by atoms with Crippen molar-refractivity contribution < 1.29 is 4.79 Å². The van der Waals surface area contributed by atoms with E-state index >= 15 is 0 Å². The van der Waals surface area contributed by atoms with E-state index in [1.165, 1.54) is 17.8 Å². The molecule has 0 N–H and O–H groups in total. The number of carbonyl (C=O) groups excluding carboxylic acids is 1. The molecule has 0 unspecified atom stereocenters. The monoisotopic (exact) mass is 188 g/mol. The summed E-state index contributed by atoms with van der Waals surface area (Å²) in [7, 11) is 0. The highest BCUT2D eigenvalue weighted by atomic mass is 16.1. The van der Waals surface area contributed by atoms with Gasteiger partial charge in [0.25, 0.3) is 0 Å². The molecular weight excluding hydrogens is 180 g/mol. The van der Waals surface area contributed by atoms with Crippen molar-refractivity contribution in [2.45, 2.75) is 6.92 Å². The maximum absolute atomic E-state index is 11.0. The van der Waals surface area contributed by atoms with Gasteiger partial charge < -0.3 is 0 Å². The number of hydrogen-bond acceptors (Lipinski definition) is 4. The van der Waals surface area contributed by atoms with E-state index in [1.54, 1.807) is 24.8 Å². The minimum Gasteiger partial charge on any atom is -0.294 e. The second-order valence-electron chi connectivity index (χ2n) is 2.79. The van der Waals surface area contributed by atoms with Crippen LogP contribution in [0.15, 0.2) is 31.0 Å². The molecule has 0 aliphatic rings. The van der Waals surface area contributed by atoms with E-state index in [2.05, 4.69) is 15.1 Å². The lowest BCUT2D eigenvalue weighted by molar-refractivity contribution is 0.101. The number of rotatable bonds is 2. The zero-order valence-corrected chi connectivity index (χ0v) is 7.58. The third-order valence-electron chi connectivity index (χ3n) is 1.77. The number of nitrogens with zero attached hydrogens (tertiary/aromatic N) is 4. The Morgan fingerprint density at radius 2 is 2.21 bits per heavy atom. The first kappa shape index (κ1) is 8.55. The Balaban J connectivity index is 2.39. The molecule has 0 amide bonds. The predicted molar refractivity (Wildman–Crippen MR) is 49.2 cm³/mol. The normalized spacial score (nSPS) is 10.1. The topological polar surface area (TPSA) is 60.7 Å². The van der Waals surface area contributed by atoms with Gasteiger partial charge in [-0.2, -0.15) is 5.10 Å². The van der Waals surface area contributed by atoms with Crippen molar-refractivity contribution in [2.75, 3.05) is 0 Å². The van der Waals surface area contributed by atoms with Crippen LogP contribution < -0.4 is 0 Å². The van der Waals surface area contributed by atoms with Crippen LogP contribution in [-0.4, -0.2) is 25.5 Å². The molecule has 14 heavy (non-hydrogen) atoms. The highest BCUT2D eigenvalue weighted by Gasteiger charge is 2.04. The van der Waals surface area contributed by atoms with Crippen molar-refractivity contribution in [3.05, 3.63) is 36.5 Å². The van der Waals surface area contributed by atoms with Crippen LogP contribution in [0.5, 0.6) is 0 Å². The van der Waals surface area contributed by atoms with Crippen LogP contribution in [0.25, 0.3) is 5.82 Å². The first-order chi connectivity index (χ1) is 6.77. The van der Waals surface area contributed by atoms with Gasteiger partial charge in [0.2, 0.25) is 0 Å². The van der Waals surface area contributed by atoms with Crippen LogP contribution >= 0.6 is 0 Å². The SMILES string of the molecule is CC(=O)c1cnn(-c2cnccn2)c1. The minimum absolute atomic E-state index is 0.0138. The van der Waals surface area contributed by atoms with Gasteiger partial charge in [-0.25, -0.2) is 9.67 Å². The fourth-order valence-corrected chi connectivity index (χ4v) is 1.04. The van der Waals surface area contributed by atoms with Crippen molar-refractivity contribution in [1.29, 1.82) is 0 Å². The molecule has 0 radical (unpaired) electrons. The van der Waals surface area contributed by atoms with E-state index in [9.17, 15) is 4.79 Å². The Kier molecular flexibility index (Phi) is 2.06. The number of hydrogen-bond donors (Lipinski definition) is 0. The third-order valence-corrected chi connectivity index (χ3v) is 1.77. The van der Waals surface area contributed by atoms with Crippen LogP contribution in [0.3, 0.4) is 0 Å². The van der Waals surface area contributed by atoms with E-state index in [1.807, 2.05) is 0 Å². The molecule has 2 heterocycles. The quantitative estimate of drug-likeness (QED) is 0.656. The standard InChI is InChI=1S/C9H8N4O/c1-7(14)8-4-12-13(6-8)9-5-10-2-3-11-9/h2-6H,1H3. The summed E-state index contributed by atoms with van der Waals surface area (Å²) in [5.41, 5.74) is 0.565. The van der Waals surface area contributed by atoms with Gasteiger partial charge in [0, 0.05) is 18.6 Å². The number of aromatic nitrogens is 4. The summed E-state index contributed by atoms with van der Waals surface area (Å²) in [6.07, 6.45) is 7.88. The van der Waals surface area contributed by atoms with Crippen LogP contribution in [0.1, 0.15) is 17.3 Å². The molecule has 70 valence electrons. The lowest BCUT2D eigenvalue weighted by Gasteiger charge is -1.96. The summed E-state index contributed by atoms with van der Waals surface area (Å²) in [5.74, 6) is 0.583. The van der Waals surface area contributed by atoms with Gasteiger partial charge in [0.05, 0.1) is 18.0 Å². The number of carbonyl (C=O) groups is 1. The Bertz CT molecular complexity index is 449. The van der Waals surface area contributed by atoms with Crippen molar-refractivity contribution in [2.24, 2.45) is 0 Å². The maximum Gasteiger partial charge on any atom is 0.171 e. The molecular formula is C9H8N4O. The maximum atomic E-state index is 11.0. The van der Waals surface area contributed by atoms with Gasteiger partial charge in [0.1, 0.15) is 0 Å². The Labute approximate surface area is 80.4 Å². The van der Waals surface area contributed by atoms with Crippen LogP contribution in [-0.2, 0) is 0 Å². The zero-order chi connectivity index (χ0) is 9.97. The minimum atomic E-state index is -0.0138. The molecule has 0 aliphatic heterocycles. The summed E-state index contributed by atoms with van der Waals surface area (Å²) in [6.45, 7) is 1.50. The van der Waals surface area contributed by atoms with E-state index in [0.717, 1.165) is 0 Å². The highest BCUT2D eigenvalue weighted by Crippen LogP contribution is 2.03. The first-order valence-corrected chi connectivity index (χ1v) is 4.09. The molecule has 2 rings (SSSR count). The van der Waals surface area contributed by atoms with E-state index < -0.39 is 0 Å².